The van der Waals surface area contributed by atoms with Gasteiger partial charge < -0.3 is 5.32 Å². The minimum atomic E-state index is -0.519. The summed E-state index contributed by atoms with van der Waals surface area (Å²) in [6.07, 6.45) is 2.54. The van der Waals surface area contributed by atoms with Crippen molar-refractivity contribution in [3.63, 3.8) is 0 Å². The van der Waals surface area contributed by atoms with E-state index in [9.17, 15) is 9.18 Å². The Kier molecular flexibility index (Phi) is 3.21. The lowest BCUT2D eigenvalue weighted by Crippen LogP contribution is -2.21. The van der Waals surface area contributed by atoms with Crippen LogP contribution in [0, 0.1) is 5.82 Å². The molecule has 0 aliphatic carbocycles. The number of hydrogen-bond donors (Lipinski definition) is 1. The zero-order valence-corrected chi connectivity index (χ0v) is 10.8. The number of nitrogens with zero attached hydrogens (tertiary/aromatic N) is 1. The third-order valence-electron chi connectivity index (χ3n) is 3.05. The molecule has 0 fully saturated rings. The number of aromatic nitrogens is 1. The van der Waals surface area contributed by atoms with Crippen LogP contribution in [-0.4, -0.2) is 16.6 Å². The van der Waals surface area contributed by atoms with E-state index in [4.69, 9.17) is 0 Å². The molecule has 5 heteroatoms. The molecule has 1 amide bonds. The molecule has 1 aliphatic heterocycles. The summed E-state index contributed by atoms with van der Waals surface area (Å²) in [5.74, 6) is -0.233. The number of pyridine rings is 1. The predicted molar refractivity (Wildman–Crippen MR) is 72.7 cm³/mol. The molecule has 1 aromatic heterocycles. The van der Waals surface area contributed by atoms with E-state index in [1.54, 1.807) is 11.8 Å². The molecule has 0 radical (unpaired) electrons. The smallest absolute Gasteiger partial charge is 0.232 e. The normalized spacial score (nSPS) is 17.0. The SMILES string of the molecule is O=C(Nc1ccncc1F)[C@@H]1CSc2ccccc21. The van der Waals surface area contributed by atoms with Gasteiger partial charge in [-0.15, -0.1) is 11.8 Å². The van der Waals surface area contributed by atoms with Crippen LogP contribution >= 0.6 is 11.8 Å². The van der Waals surface area contributed by atoms with Crippen LogP contribution in [0.3, 0.4) is 0 Å². The molecule has 2 aromatic rings. The lowest BCUT2D eigenvalue weighted by Gasteiger charge is -2.11. The van der Waals surface area contributed by atoms with E-state index in [-0.39, 0.29) is 17.5 Å². The number of fused-ring (bicyclic) bond motifs is 1. The van der Waals surface area contributed by atoms with Crippen LogP contribution < -0.4 is 5.32 Å². The number of amides is 1. The first-order valence-corrected chi connectivity index (χ1v) is 6.86. The molecule has 0 saturated carbocycles. The molecular weight excluding hydrogens is 263 g/mol. The highest BCUT2D eigenvalue weighted by atomic mass is 32.2. The molecule has 19 heavy (non-hydrogen) atoms. The van der Waals surface area contributed by atoms with Crippen molar-refractivity contribution >= 4 is 23.4 Å². The van der Waals surface area contributed by atoms with Crippen molar-refractivity contribution in [3.8, 4) is 0 Å². The number of nitrogens with one attached hydrogen (secondary N) is 1. The fraction of sp³-hybridized carbons (Fsp3) is 0.143. The summed E-state index contributed by atoms with van der Waals surface area (Å²) in [5.41, 5.74) is 1.19. The topological polar surface area (TPSA) is 42.0 Å². The van der Waals surface area contributed by atoms with Crippen LogP contribution in [0.5, 0.6) is 0 Å². The quantitative estimate of drug-likeness (QED) is 0.915. The molecule has 0 spiro atoms. The summed E-state index contributed by atoms with van der Waals surface area (Å²) in [5, 5.41) is 2.63. The van der Waals surface area contributed by atoms with Crippen LogP contribution in [0.2, 0.25) is 0 Å². The number of carbonyl (C=O) groups is 1. The Bertz CT molecular complexity index is 632. The van der Waals surface area contributed by atoms with Crippen LogP contribution in [0.25, 0.3) is 0 Å². The average Bonchev–Trinajstić information content (AvgIpc) is 2.85. The number of benzene rings is 1. The second kappa shape index (κ2) is 5.01. The lowest BCUT2D eigenvalue weighted by molar-refractivity contribution is -0.117. The van der Waals surface area contributed by atoms with Gasteiger partial charge in [-0.3, -0.25) is 9.78 Å². The zero-order valence-electron chi connectivity index (χ0n) is 9.97. The van der Waals surface area contributed by atoms with Crippen LogP contribution in [-0.2, 0) is 4.79 Å². The van der Waals surface area contributed by atoms with Crippen molar-refractivity contribution in [3.05, 3.63) is 54.1 Å². The molecule has 0 bridgehead atoms. The summed E-state index contributed by atoms with van der Waals surface area (Å²) in [4.78, 5) is 17.0. The van der Waals surface area contributed by atoms with Gasteiger partial charge in [0.2, 0.25) is 5.91 Å². The molecule has 2 heterocycles. The number of halogens is 1. The van der Waals surface area contributed by atoms with Crippen LogP contribution in [0.15, 0.2) is 47.6 Å². The Morgan fingerprint density at radius 1 is 1.37 bits per heavy atom. The maximum absolute atomic E-state index is 13.5. The van der Waals surface area contributed by atoms with Gasteiger partial charge in [0.15, 0.2) is 5.82 Å². The molecular formula is C14H11FN2OS. The maximum Gasteiger partial charge on any atom is 0.232 e. The Labute approximate surface area is 114 Å². The number of thioether (sulfide) groups is 1. The molecule has 1 aromatic carbocycles. The minimum Gasteiger partial charge on any atom is -0.323 e. The lowest BCUT2D eigenvalue weighted by atomic mass is 10.0. The summed E-state index contributed by atoms with van der Waals surface area (Å²) in [7, 11) is 0. The van der Waals surface area contributed by atoms with Gasteiger partial charge in [-0.25, -0.2) is 4.39 Å². The molecule has 3 nitrogen and oxygen atoms in total. The molecule has 1 atom stereocenters. The highest BCUT2D eigenvalue weighted by Crippen LogP contribution is 2.39. The minimum absolute atomic E-state index is 0.175. The molecule has 0 unspecified atom stereocenters. The first-order chi connectivity index (χ1) is 9.25. The van der Waals surface area contributed by atoms with Crippen molar-refractivity contribution in [1.82, 2.24) is 4.98 Å². The second-order valence-electron chi connectivity index (χ2n) is 4.25. The van der Waals surface area contributed by atoms with Gasteiger partial charge in [0.25, 0.3) is 0 Å². The van der Waals surface area contributed by atoms with Crippen molar-refractivity contribution in [1.29, 1.82) is 0 Å². The first-order valence-electron chi connectivity index (χ1n) is 5.88. The van der Waals surface area contributed by atoms with Crippen molar-refractivity contribution in [2.75, 3.05) is 11.1 Å². The van der Waals surface area contributed by atoms with Gasteiger partial charge in [-0.05, 0) is 17.7 Å². The third-order valence-corrected chi connectivity index (χ3v) is 4.23. The molecule has 96 valence electrons. The third kappa shape index (κ3) is 2.33. The fourth-order valence-corrected chi connectivity index (χ4v) is 3.30. The number of rotatable bonds is 2. The van der Waals surface area contributed by atoms with E-state index in [0.717, 1.165) is 16.7 Å². The van der Waals surface area contributed by atoms with Gasteiger partial charge in [0, 0.05) is 16.8 Å². The highest BCUT2D eigenvalue weighted by molar-refractivity contribution is 7.99. The summed E-state index contributed by atoms with van der Waals surface area (Å²) in [6.45, 7) is 0. The summed E-state index contributed by atoms with van der Waals surface area (Å²) in [6, 6.07) is 9.27. The van der Waals surface area contributed by atoms with Gasteiger partial charge >= 0.3 is 0 Å². The Morgan fingerprint density at radius 3 is 3.05 bits per heavy atom. The van der Waals surface area contributed by atoms with Crippen molar-refractivity contribution < 1.29 is 9.18 Å². The largest absolute Gasteiger partial charge is 0.323 e. The van der Waals surface area contributed by atoms with Gasteiger partial charge in [-0.2, -0.15) is 0 Å². The summed E-state index contributed by atoms with van der Waals surface area (Å²) < 4.78 is 13.5. The van der Waals surface area contributed by atoms with Gasteiger partial charge in [0.05, 0.1) is 17.8 Å². The maximum atomic E-state index is 13.5. The average molecular weight is 274 g/mol. The zero-order chi connectivity index (χ0) is 13.2. The highest BCUT2D eigenvalue weighted by Gasteiger charge is 2.29. The molecule has 0 saturated heterocycles. The number of anilines is 1. The van der Waals surface area contributed by atoms with Gasteiger partial charge in [0.1, 0.15) is 0 Å². The van der Waals surface area contributed by atoms with E-state index in [0.29, 0.717) is 5.75 Å². The fourth-order valence-electron chi connectivity index (χ4n) is 2.08. The predicted octanol–water partition coefficient (Wildman–Crippen LogP) is 3.05. The number of carbonyl (C=O) groups excluding carboxylic acids is 1. The van der Waals surface area contributed by atoms with E-state index in [1.165, 1.54) is 12.3 Å². The number of hydrogen-bond acceptors (Lipinski definition) is 3. The molecule has 1 N–H and O–H groups in total. The van der Waals surface area contributed by atoms with E-state index in [1.807, 2.05) is 24.3 Å². The van der Waals surface area contributed by atoms with Crippen molar-refractivity contribution in [2.45, 2.75) is 10.8 Å². The molecule has 1 aliphatic rings. The standard InChI is InChI=1S/C14H11FN2OS/c15-11-7-16-6-5-12(11)17-14(18)10-8-19-13-4-2-1-3-9(10)13/h1-7,10H,8H2,(H,16,17,18)/t10-/m1/s1. The Morgan fingerprint density at radius 2 is 2.21 bits per heavy atom. The van der Waals surface area contributed by atoms with Gasteiger partial charge in [-0.1, -0.05) is 18.2 Å². The van der Waals surface area contributed by atoms with Crippen LogP contribution in [0.4, 0.5) is 10.1 Å². The Hall–Kier alpha value is -1.88. The summed E-state index contributed by atoms with van der Waals surface area (Å²) >= 11 is 1.65. The van der Waals surface area contributed by atoms with E-state index < -0.39 is 5.82 Å². The van der Waals surface area contributed by atoms with E-state index in [2.05, 4.69) is 10.3 Å². The monoisotopic (exact) mass is 274 g/mol. The van der Waals surface area contributed by atoms with Crippen molar-refractivity contribution in [2.24, 2.45) is 0 Å². The Balaban J connectivity index is 1.81. The molecule has 3 rings (SSSR count). The first kappa shape index (κ1) is 12.2. The second-order valence-corrected chi connectivity index (χ2v) is 5.31. The van der Waals surface area contributed by atoms with Crippen LogP contribution in [0.1, 0.15) is 11.5 Å². The van der Waals surface area contributed by atoms with E-state index >= 15 is 0 Å².